The van der Waals surface area contributed by atoms with E-state index in [-0.39, 0.29) is 17.2 Å². The quantitative estimate of drug-likeness (QED) is 0.796. The number of benzene rings is 1. The first-order chi connectivity index (χ1) is 10.9. The first-order valence-corrected chi connectivity index (χ1v) is 9.26. The summed E-state index contributed by atoms with van der Waals surface area (Å²) in [4.78, 5) is 22.3. The van der Waals surface area contributed by atoms with Gasteiger partial charge in [0, 0.05) is 5.25 Å². The fourth-order valence-electron chi connectivity index (χ4n) is 2.32. The molecule has 4 heteroatoms. The smallest absolute Gasteiger partial charge is 0.279 e. The van der Waals surface area contributed by atoms with Gasteiger partial charge < -0.3 is 10.1 Å². The third kappa shape index (κ3) is 8.21. The number of hydrogen-bond acceptors (Lipinski definition) is 3. The lowest BCUT2D eigenvalue weighted by Gasteiger charge is -2.17. The molecule has 1 aromatic carbocycles. The largest absolute Gasteiger partial charge is 0.337 e. The number of carbonyl (C=O) groups excluding carboxylic acids is 2. The summed E-state index contributed by atoms with van der Waals surface area (Å²) in [5.41, 5.74) is 2.66. The highest BCUT2D eigenvalue weighted by Gasteiger charge is 2.21. The first kappa shape index (κ1) is 19.8. The maximum atomic E-state index is 11.6. The van der Waals surface area contributed by atoms with Crippen LogP contribution in [0.4, 0.5) is 4.79 Å². The van der Waals surface area contributed by atoms with Crippen molar-refractivity contribution in [2.75, 3.05) is 0 Å². The summed E-state index contributed by atoms with van der Waals surface area (Å²) in [6, 6.07) is 8.14. The molecule has 1 amide bonds. The predicted molar refractivity (Wildman–Crippen MR) is 99.0 cm³/mol. The van der Waals surface area contributed by atoms with Crippen molar-refractivity contribution in [3.8, 4) is 0 Å². The second-order valence-corrected chi connectivity index (χ2v) is 7.79. The Hall–Kier alpha value is -1.29. The van der Waals surface area contributed by atoms with Gasteiger partial charge in [-0.1, -0.05) is 73.8 Å². The zero-order valence-corrected chi connectivity index (χ0v) is 15.5. The molecule has 1 fully saturated rings. The second kappa shape index (κ2) is 10.5. The van der Waals surface area contributed by atoms with E-state index in [0.29, 0.717) is 5.25 Å². The molecule has 0 bridgehead atoms. The number of nitrogens with one attached hydrogen (secondary N) is 1. The number of amides is 1. The molecule has 0 spiro atoms. The number of rotatable bonds is 4. The molecule has 0 aromatic heterocycles. The van der Waals surface area contributed by atoms with Crippen LogP contribution in [0.2, 0.25) is 0 Å². The Morgan fingerprint density at radius 2 is 1.61 bits per heavy atom. The molecular formula is C19H29NO2S. The van der Waals surface area contributed by atoms with Crippen molar-refractivity contribution in [3.63, 3.8) is 0 Å². The molecule has 0 aliphatic heterocycles. The summed E-state index contributed by atoms with van der Waals surface area (Å²) in [7, 11) is 0. The standard InChI is InChI=1S/C11H19NO2S.C8H10/c1-8(2)10(7-13)12-11(14)15-9-5-3-4-6-9;1-7-3-5-8(2)6-4-7/h7-10H,3-6H2,1-2H3,(H,12,14);3-6H,1-2H3. The van der Waals surface area contributed by atoms with Gasteiger partial charge >= 0.3 is 0 Å². The van der Waals surface area contributed by atoms with E-state index in [1.165, 1.54) is 35.7 Å². The molecule has 2 rings (SSSR count). The molecule has 3 nitrogen and oxygen atoms in total. The molecule has 0 heterocycles. The molecule has 128 valence electrons. The van der Waals surface area contributed by atoms with Crippen molar-refractivity contribution < 1.29 is 9.59 Å². The van der Waals surface area contributed by atoms with E-state index in [1.54, 1.807) is 0 Å². The Balaban J connectivity index is 0.000000277. The lowest BCUT2D eigenvalue weighted by Crippen LogP contribution is -2.38. The highest BCUT2D eigenvalue weighted by atomic mass is 32.2. The highest BCUT2D eigenvalue weighted by molar-refractivity contribution is 8.14. The van der Waals surface area contributed by atoms with Crippen LogP contribution in [-0.4, -0.2) is 22.8 Å². The maximum Gasteiger partial charge on any atom is 0.279 e. The van der Waals surface area contributed by atoms with Crippen LogP contribution in [0.25, 0.3) is 0 Å². The van der Waals surface area contributed by atoms with E-state index in [1.807, 2.05) is 13.8 Å². The van der Waals surface area contributed by atoms with Crippen molar-refractivity contribution in [2.45, 2.75) is 64.7 Å². The van der Waals surface area contributed by atoms with Crippen LogP contribution in [0.15, 0.2) is 24.3 Å². The number of thioether (sulfide) groups is 1. The predicted octanol–water partition coefficient (Wildman–Crippen LogP) is 4.90. The molecule has 0 saturated heterocycles. The maximum absolute atomic E-state index is 11.6. The Bertz CT molecular complexity index is 458. The number of aryl methyl sites for hydroxylation is 2. The lowest BCUT2D eigenvalue weighted by atomic mass is 10.1. The lowest BCUT2D eigenvalue weighted by molar-refractivity contribution is -0.110. The SMILES string of the molecule is CC(C)C(C=O)NC(=O)SC1CCCC1.Cc1ccc(C)cc1. The Morgan fingerprint density at radius 3 is 2.00 bits per heavy atom. The Labute approximate surface area is 144 Å². The first-order valence-electron chi connectivity index (χ1n) is 8.38. The zero-order chi connectivity index (χ0) is 17.2. The van der Waals surface area contributed by atoms with Crippen molar-refractivity contribution in [2.24, 2.45) is 5.92 Å². The Morgan fingerprint density at radius 1 is 1.13 bits per heavy atom. The molecule has 1 aliphatic rings. The van der Waals surface area contributed by atoms with Gasteiger partial charge in [-0.2, -0.15) is 0 Å². The van der Waals surface area contributed by atoms with E-state index >= 15 is 0 Å². The second-order valence-electron chi connectivity index (χ2n) is 6.52. The zero-order valence-electron chi connectivity index (χ0n) is 14.7. The van der Waals surface area contributed by atoms with E-state index in [9.17, 15) is 9.59 Å². The molecular weight excluding hydrogens is 306 g/mol. The summed E-state index contributed by atoms with van der Waals surface area (Å²) in [6.07, 6.45) is 5.54. The molecule has 1 aliphatic carbocycles. The molecule has 0 radical (unpaired) electrons. The van der Waals surface area contributed by atoms with Gasteiger partial charge in [-0.3, -0.25) is 4.79 Å². The van der Waals surface area contributed by atoms with E-state index in [2.05, 4.69) is 43.4 Å². The number of aldehydes is 1. The van der Waals surface area contributed by atoms with Gasteiger partial charge in [-0.25, -0.2) is 0 Å². The van der Waals surface area contributed by atoms with Crippen LogP contribution >= 0.6 is 11.8 Å². The normalized spacial score (nSPS) is 15.7. The summed E-state index contributed by atoms with van der Waals surface area (Å²) >= 11 is 1.36. The average molecular weight is 336 g/mol. The van der Waals surface area contributed by atoms with Crippen LogP contribution in [0.3, 0.4) is 0 Å². The van der Waals surface area contributed by atoms with E-state index in [4.69, 9.17) is 0 Å². The minimum absolute atomic E-state index is 0.0484. The fraction of sp³-hybridized carbons (Fsp3) is 0.579. The van der Waals surface area contributed by atoms with Crippen LogP contribution in [0, 0.1) is 19.8 Å². The monoisotopic (exact) mass is 335 g/mol. The molecule has 1 unspecified atom stereocenters. The van der Waals surface area contributed by atoms with Gasteiger partial charge in [0.2, 0.25) is 0 Å². The van der Waals surface area contributed by atoms with Crippen molar-refractivity contribution in [3.05, 3.63) is 35.4 Å². The van der Waals surface area contributed by atoms with Crippen LogP contribution < -0.4 is 5.32 Å². The summed E-state index contributed by atoms with van der Waals surface area (Å²) < 4.78 is 0. The summed E-state index contributed by atoms with van der Waals surface area (Å²) in [6.45, 7) is 8.05. The Kier molecular flexibility index (Phi) is 9.00. The van der Waals surface area contributed by atoms with Gasteiger partial charge in [0.05, 0.1) is 6.04 Å². The highest BCUT2D eigenvalue weighted by Crippen LogP contribution is 2.29. The molecule has 1 N–H and O–H groups in total. The van der Waals surface area contributed by atoms with Crippen molar-refractivity contribution in [1.82, 2.24) is 5.32 Å². The van der Waals surface area contributed by atoms with Gasteiger partial charge in [0.25, 0.3) is 5.24 Å². The number of carbonyl (C=O) groups is 2. The van der Waals surface area contributed by atoms with Crippen LogP contribution in [0.5, 0.6) is 0 Å². The minimum Gasteiger partial charge on any atom is -0.337 e. The van der Waals surface area contributed by atoms with Gasteiger partial charge in [-0.15, -0.1) is 0 Å². The third-order valence-corrected chi connectivity index (χ3v) is 5.08. The summed E-state index contributed by atoms with van der Waals surface area (Å²) in [5, 5.41) is 3.16. The van der Waals surface area contributed by atoms with Gasteiger partial charge in [0.1, 0.15) is 6.29 Å². The topological polar surface area (TPSA) is 46.2 Å². The van der Waals surface area contributed by atoms with E-state index in [0.717, 1.165) is 19.1 Å². The molecule has 1 aromatic rings. The van der Waals surface area contributed by atoms with Crippen molar-refractivity contribution >= 4 is 23.3 Å². The molecule has 1 saturated carbocycles. The van der Waals surface area contributed by atoms with Gasteiger partial charge in [-0.05, 0) is 32.6 Å². The van der Waals surface area contributed by atoms with Crippen LogP contribution in [-0.2, 0) is 4.79 Å². The number of hydrogen-bond donors (Lipinski definition) is 1. The van der Waals surface area contributed by atoms with Crippen molar-refractivity contribution in [1.29, 1.82) is 0 Å². The van der Waals surface area contributed by atoms with E-state index < -0.39 is 0 Å². The minimum atomic E-state index is -0.341. The summed E-state index contributed by atoms with van der Waals surface area (Å²) in [5.74, 6) is 0.163. The molecule has 23 heavy (non-hydrogen) atoms. The third-order valence-electron chi connectivity index (χ3n) is 3.94. The molecule has 1 atom stereocenters. The average Bonchev–Trinajstić information content (AvgIpc) is 3.01. The van der Waals surface area contributed by atoms with Crippen LogP contribution in [0.1, 0.15) is 50.7 Å². The van der Waals surface area contributed by atoms with Gasteiger partial charge in [0.15, 0.2) is 0 Å². The fourth-order valence-corrected chi connectivity index (χ4v) is 3.40.